The van der Waals surface area contributed by atoms with Gasteiger partial charge in [-0.1, -0.05) is 0 Å². The van der Waals surface area contributed by atoms with Gasteiger partial charge in [0.1, 0.15) is 11.4 Å². The first-order valence-electron chi connectivity index (χ1n) is 3.35. The Bertz CT molecular complexity index is 354. The fourth-order valence-electron chi connectivity index (χ4n) is 0.834. The predicted octanol–water partition coefficient (Wildman–Crippen LogP) is 0.637. The minimum atomic E-state index is -0.569. The summed E-state index contributed by atoms with van der Waals surface area (Å²) in [5.41, 5.74) is 11.5. The van der Waals surface area contributed by atoms with E-state index in [1.165, 1.54) is 13.3 Å². The van der Waals surface area contributed by atoms with Crippen molar-refractivity contribution in [3.8, 4) is 0 Å². The van der Waals surface area contributed by atoms with Gasteiger partial charge < -0.3 is 16.2 Å². The first-order chi connectivity index (χ1) is 6.07. The molecule has 0 bridgehead atoms. The lowest BCUT2D eigenvalue weighted by molar-refractivity contribution is 0.0602. The van der Waals surface area contributed by atoms with Crippen LogP contribution in [0, 0.1) is 3.57 Å². The Morgan fingerprint density at radius 1 is 1.62 bits per heavy atom. The second-order valence-corrected chi connectivity index (χ2v) is 3.43. The molecule has 0 aliphatic rings. The van der Waals surface area contributed by atoms with Crippen molar-refractivity contribution in [3.63, 3.8) is 0 Å². The van der Waals surface area contributed by atoms with Crippen LogP contribution in [0.25, 0.3) is 0 Å². The van der Waals surface area contributed by atoms with Crippen molar-refractivity contribution < 1.29 is 9.53 Å². The molecule has 0 aliphatic heterocycles. The summed E-state index contributed by atoms with van der Waals surface area (Å²) >= 11 is 1.97. The zero-order chi connectivity index (χ0) is 10.0. The molecule has 0 unspecified atom stereocenters. The van der Waals surface area contributed by atoms with E-state index in [0.717, 1.165) is 0 Å². The number of nitrogens with two attached hydrogens (primary N) is 2. The van der Waals surface area contributed by atoms with Gasteiger partial charge in [0.25, 0.3) is 0 Å². The largest absolute Gasteiger partial charge is 0.465 e. The average molecular weight is 293 g/mol. The number of nitrogen functional groups attached to an aromatic ring is 2. The summed E-state index contributed by atoms with van der Waals surface area (Å²) in [5.74, 6) is -0.481. The summed E-state index contributed by atoms with van der Waals surface area (Å²) < 4.78 is 5.18. The minimum absolute atomic E-state index is 0.0877. The number of pyridine rings is 1. The molecule has 70 valence electrons. The van der Waals surface area contributed by atoms with Gasteiger partial charge in [0.2, 0.25) is 0 Å². The number of rotatable bonds is 1. The standard InChI is InChI=1S/C7H8IN3O2/c1-13-7(12)4-5(9)3(8)2-11-6(4)10/h2H,1H3,(H4,9,10,11). The Balaban J connectivity index is 3.33. The lowest BCUT2D eigenvalue weighted by Gasteiger charge is -2.06. The molecule has 0 amide bonds. The van der Waals surface area contributed by atoms with E-state index in [9.17, 15) is 4.79 Å². The van der Waals surface area contributed by atoms with Gasteiger partial charge in [0.15, 0.2) is 0 Å². The molecule has 1 aromatic rings. The molecule has 4 N–H and O–H groups in total. The van der Waals surface area contributed by atoms with Crippen LogP contribution in [0.5, 0.6) is 0 Å². The molecule has 0 saturated heterocycles. The Hall–Kier alpha value is -1.05. The smallest absolute Gasteiger partial charge is 0.343 e. The van der Waals surface area contributed by atoms with Crippen LogP contribution in [0.3, 0.4) is 0 Å². The molecule has 1 heterocycles. The summed E-state index contributed by atoms with van der Waals surface area (Å²) in [6, 6.07) is 0. The molecular weight excluding hydrogens is 285 g/mol. The molecule has 0 spiro atoms. The summed E-state index contributed by atoms with van der Waals surface area (Å²) in [4.78, 5) is 15.0. The maximum absolute atomic E-state index is 11.2. The van der Waals surface area contributed by atoms with Gasteiger partial charge in [-0.05, 0) is 22.6 Å². The number of halogens is 1. The van der Waals surface area contributed by atoms with Crippen LogP contribution < -0.4 is 11.5 Å². The third-order valence-electron chi connectivity index (χ3n) is 1.49. The molecule has 5 nitrogen and oxygen atoms in total. The number of anilines is 2. The van der Waals surface area contributed by atoms with Gasteiger partial charge in [0, 0.05) is 6.20 Å². The summed E-state index contributed by atoms with van der Waals surface area (Å²) in [7, 11) is 1.26. The Morgan fingerprint density at radius 3 is 2.77 bits per heavy atom. The van der Waals surface area contributed by atoms with Crippen LogP contribution in [-0.2, 0) is 4.74 Å². The third-order valence-corrected chi connectivity index (χ3v) is 2.35. The summed E-state index contributed by atoms with van der Waals surface area (Å²) in [6.07, 6.45) is 1.50. The molecule has 0 aromatic carbocycles. The number of hydrogen-bond donors (Lipinski definition) is 2. The number of carbonyl (C=O) groups excluding carboxylic acids is 1. The van der Waals surface area contributed by atoms with Crippen molar-refractivity contribution in [1.82, 2.24) is 4.98 Å². The van der Waals surface area contributed by atoms with Crippen molar-refractivity contribution in [3.05, 3.63) is 15.3 Å². The highest BCUT2D eigenvalue weighted by molar-refractivity contribution is 14.1. The molecule has 1 rings (SSSR count). The van der Waals surface area contributed by atoms with E-state index in [-0.39, 0.29) is 11.4 Å². The molecule has 6 heteroatoms. The highest BCUT2D eigenvalue weighted by Crippen LogP contribution is 2.23. The van der Waals surface area contributed by atoms with Crippen molar-refractivity contribution in [2.24, 2.45) is 0 Å². The molecule has 1 aromatic heterocycles. The minimum Gasteiger partial charge on any atom is -0.465 e. The van der Waals surface area contributed by atoms with Gasteiger partial charge in [-0.2, -0.15) is 0 Å². The van der Waals surface area contributed by atoms with E-state index in [1.54, 1.807) is 0 Å². The number of carbonyl (C=O) groups is 1. The van der Waals surface area contributed by atoms with Crippen LogP contribution in [0.2, 0.25) is 0 Å². The van der Waals surface area contributed by atoms with Crippen LogP contribution in [0.1, 0.15) is 10.4 Å². The van der Waals surface area contributed by atoms with Gasteiger partial charge in [-0.25, -0.2) is 9.78 Å². The van der Waals surface area contributed by atoms with Gasteiger partial charge >= 0.3 is 5.97 Å². The first-order valence-corrected chi connectivity index (χ1v) is 4.43. The molecule has 0 atom stereocenters. The number of ether oxygens (including phenoxy) is 1. The lowest BCUT2D eigenvalue weighted by Crippen LogP contribution is -2.11. The quantitative estimate of drug-likeness (QED) is 0.585. The van der Waals surface area contributed by atoms with Gasteiger partial charge in [-0.3, -0.25) is 0 Å². The zero-order valence-corrected chi connectivity index (χ0v) is 9.03. The zero-order valence-electron chi connectivity index (χ0n) is 6.87. The van der Waals surface area contributed by atoms with Crippen molar-refractivity contribution in [2.45, 2.75) is 0 Å². The highest BCUT2D eigenvalue weighted by Gasteiger charge is 2.16. The van der Waals surface area contributed by atoms with Crippen molar-refractivity contribution in [1.29, 1.82) is 0 Å². The SMILES string of the molecule is COC(=O)c1c(N)ncc(I)c1N. The van der Waals surface area contributed by atoms with E-state index >= 15 is 0 Å². The first kappa shape index (κ1) is 10.0. The van der Waals surface area contributed by atoms with E-state index in [2.05, 4.69) is 9.72 Å². The second-order valence-electron chi connectivity index (χ2n) is 2.27. The van der Waals surface area contributed by atoms with Crippen LogP contribution in [0.15, 0.2) is 6.20 Å². The number of nitrogens with zero attached hydrogens (tertiary/aromatic N) is 1. The summed E-state index contributed by atoms with van der Waals surface area (Å²) in [5, 5.41) is 0. The normalized spacial score (nSPS) is 9.69. The van der Waals surface area contributed by atoms with Gasteiger partial charge in [-0.15, -0.1) is 0 Å². The second kappa shape index (κ2) is 3.77. The summed E-state index contributed by atoms with van der Waals surface area (Å²) in [6.45, 7) is 0. The molecule has 13 heavy (non-hydrogen) atoms. The Labute approximate surface area is 88.6 Å². The molecular formula is C7H8IN3O2. The lowest BCUT2D eigenvalue weighted by atomic mass is 10.2. The predicted molar refractivity (Wildman–Crippen MR) is 57.1 cm³/mol. The molecule has 0 aliphatic carbocycles. The Morgan fingerprint density at radius 2 is 2.23 bits per heavy atom. The number of methoxy groups -OCH3 is 1. The van der Waals surface area contributed by atoms with Crippen molar-refractivity contribution >= 4 is 40.1 Å². The van der Waals surface area contributed by atoms with Gasteiger partial charge in [0.05, 0.1) is 16.4 Å². The van der Waals surface area contributed by atoms with E-state index in [1.807, 2.05) is 22.6 Å². The average Bonchev–Trinajstić information content (AvgIpc) is 2.12. The van der Waals surface area contributed by atoms with E-state index in [0.29, 0.717) is 9.26 Å². The maximum atomic E-state index is 11.2. The van der Waals surface area contributed by atoms with Crippen LogP contribution in [-0.4, -0.2) is 18.1 Å². The fraction of sp³-hybridized carbons (Fsp3) is 0.143. The van der Waals surface area contributed by atoms with E-state index < -0.39 is 5.97 Å². The maximum Gasteiger partial charge on any atom is 0.343 e. The fourth-order valence-corrected chi connectivity index (χ4v) is 1.24. The number of esters is 1. The third kappa shape index (κ3) is 1.82. The topological polar surface area (TPSA) is 91.2 Å². The van der Waals surface area contributed by atoms with Crippen LogP contribution in [0.4, 0.5) is 11.5 Å². The number of hydrogen-bond acceptors (Lipinski definition) is 5. The van der Waals surface area contributed by atoms with Crippen molar-refractivity contribution in [2.75, 3.05) is 18.6 Å². The van der Waals surface area contributed by atoms with Crippen LogP contribution >= 0.6 is 22.6 Å². The molecule has 0 radical (unpaired) electrons. The number of aromatic nitrogens is 1. The van der Waals surface area contributed by atoms with E-state index in [4.69, 9.17) is 11.5 Å². The molecule has 0 saturated carbocycles. The molecule has 0 fully saturated rings. The Kier molecular flexibility index (Phi) is 2.91. The monoisotopic (exact) mass is 293 g/mol. The highest BCUT2D eigenvalue weighted by atomic mass is 127.